The van der Waals surface area contributed by atoms with Crippen molar-refractivity contribution >= 4 is 12.0 Å². The van der Waals surface area contributed by atoms with Crippen molar-refractivity contribution in [3.63, 3.8) is 0 Å². The van der Waals surface area contributed by atoms with Crippen LogP contribution in [0.2, 0.25) is 0 Å². The van der Waals surface area contributed by atoms with Crippen LogP contribution in [0.3, 0.4) is 0 Å². The summed E-state index contributed by atoms with van der Waals surface area (Å²) in [4.78, 5) is 15.2. The molecule has 2 heterocycles. The van der Waals surface area contributed by atoms with Gasteiger partial charge in [0, 0.05) is 0 Å². The van der Waals surface area contributed by atoms with Gasteiger partial charge in [-0.1, -0.05) is 36.4 Å². The smallest absolute Gasteiger partial charge is 0.275 e. The molecule has 1 atom stereocenters. The Balaban J connectivity index is 1.35. The zero-order valence-corrected chi connectivity index (χ0v) is 15.4. The third-order valence-corrected chi connectivity index (χ3v) is 4.94. The van der Waals surface area contributed by atoms with Crippen LogP contribution in [0.1, 0.15) is 24.3 Å². The second-order valence-corrected chi connectivity index (χ2v) is 7.00. The first-order valence-corrected chi connectivity index (χ1v) is 9.42. The molecule has 3 rings (SSSR count). The molecule has 3 N–H and O–H groups in total. The van der Waals surface area contributed by atoms with Gasteiger partial charge in [-0.2, -0.15) is 0 Å². The van der Waals surface area contributed by atoms with Gasteiger partial charge in [0.25, 0.3) is 5.91 Å². The highest BCUT2D eigenvalue weighted by atomic mass is 16.3. The van der Waals surface area contributed by atoms with E-state index in [1.807, 2.05) is 25.1 Å². The number of hydrogen-bond donors (Lipinski definition) is 3. The number of amides is 1. The number of nitrogens with one attached hydrogen (secondary N) is 3. The van der Waals surface area contributed by atoms with E-state index in [9.17, 15) is 4.79 Å². The number of hydrogen-bond acceptors (Lipinski definition) is 2. The average molecular weight is 355 g/mol. The molecule has 0 bridgehead atoms. The summed E-state index contributed by atoms with van der Waals surface area (Å²) in [5, 5.41) is 3.02. The topological polar surface area (TPSA) is 51.1 Å². The zero-order valence-electron chi connectivity index (χ0n) is 15.4. The van der Waals surface area contributed by atoms with Gasteiger partial charge in [0.05, 0.1) is 18.8 Å². The number of benzene rings is 1. The molecule has 5 nitrogen and oxygen atoms in total. The van der Waals surface area contributed by atoms with E-state index in [-0.39, 0.29) is 11.9 Å². The summed E-state index contributed by atoms with van der Waals surface area (Å²) >= 11 is 0. The Labute approximate surface area is 155 Å². The SMILES string of the molecule is C[C@@H](NC(=O)C[NH+]1CC[NH+](C/C=C/c2ccccc2)CC1)c1ccco1. The van der Waals surface area contributed by atoms with Gasteiger partial charge in [-0.15, -0.1) is 0 Å². The molecule has 0 spiro atoms. The number of rotatable bonds is 7. The van der Waals surface area contributed by atoms with Crippen LogP contribution in [0, 0.1) is 0 Å². The first-order valence-electron chi connectivity index (χ1n) is 9.42. The molecular formula is C21H29N3O2+2. The van der Waals surface area contributed by atoms with Crippen LogP contribution in [0.15, 0.2) is 59.2 Å². The predicted octanol–water partition coefficient (Wildman–Crippen LogP) is -0.0464. The minimum atomic E-state index is -0.0769. The molecular weight excluding hydrogens is 326 g/mol. The van der Waals surface area contributed by atoms with Gasteiger partial charge < -0.3 is 19.5 Å². The van der Waals surface area contributed by atoms with Crippen LogP contribution in [-0.2, 0) is 4.79 Å². The van der Waals surface area contributed by atoms with E-state index in [1.165, 1.54) is 10.5 Å². The molecule has 1 amide bonds. The van der Waals surface area contributed by atoms with E-state index >= 15 is 0 Å². The van der Waals surface area contributed by atoms with Crippen LogP contribution in [0.25, 0.3) is 6.08 Å². The zero-order chi connectivity index (χ0) is 18.2. The number of quaternary nitrogens is 2. The van der Waals surface area contributed by atoms with Gasteiger partial charge in [0.15, 0.2) is 6.54 Å². The van der Waals surface area contributed by atoms with Crippen LogP contribution >= 0.6 is 0 Å². The maximum absolute atomic E-state index is 12.2. The van der Waals surface area contributed by atoms with Crippen molar-refractivity contribution < 1.29 is 19.0 Å². The lowest BCUT2D eigenvalue weighted by Gasteiger charge is -2.28. The molecule has 1 fully saturated rings. The normalized spacial score (nSPS) is 21.6. The largest absolute Gasteiger partial charge is 0.467 e. The fourth-order valence-corrected chi connectivity index (χ4v) is 3.39. The Morgan fingerprint density at radius 3 is 2.54 bits per heavy atom. The molecule has 0 radical (unpaired) electrons. The fraction of sp³-hybridized carbons (Fsp3) is 0.381. The molecule has 1 aromatic carbocycles. The quantitative estimate of drug-likeness (QED) is 0.653. The van der Waals surface area contributed by atoms with Crippen LogP contribution in [0.5, 0.6) is 0 Å². The minimum Gasteiger partial charge on any atom is -0.467 e. The van der Waals surface area contributed by atoms with Gasteiger partial charge in [0.2, 0.25) is 0 Å². The van der Waals surface area contributed by atoms with Gasteiger partial charge in [-0.05, 0) is 30.7 Å². The summed E-state index contributed by atoms with van der Waals surface area (Å²) in [6, 6.07) is 14.1. The Morgan fingerprint density at radius 1 is 1.12 bits per heavy atom. The van der Waals surface area contributed by atoms with E-state index in [4.69, 9.17) is 4.42 Å². The average Bonchev–Trinajstić information content (AvgIpc) is 3.19. The highest BCUT2D eigenvalue weighted by Gasteiger charge is 2.24. The maximum Gasteiger partial charge on any atom is 0.275 e. The third-order valence-electron chi connectivity index (χ3n) is 4.94. The third kappa shape index (κ3) is 5.58. The minimum absolute atomic E-state index is 0.0769. The highest BCUT2D eigenvalue weighted by molar-refractivity contribution is 5.77. The van der Waals surface area contributed by atoms with Crippen molar-refractivity contribution in [2.45, 2.75) is 13.0 Å². The predicted molar refractivity (Wildman–Crippen MR) is 102 cm³/mol. The molecule has 0 unspecified atom stereocenters. The lowest BCUT2D eigenvalue weighted by molar-refractivity contribution is -1.01. The van der Waals surface area contributed by atoms with Gasteiger partial charge in [0.1, 0.15) is 31.9 Å². The molecule has 1 saturated heterocycles. The first kappa shape index (κ1) is 18.4. The van der Waals surface area contributed by atoms with Crippen molar-refractivity contribution in [3.05, 3.63) is 66.1 Å². The Bertz CT molecular complexity index is 689. The Kier molecular flexibility index (Phi) is 6.63. The van der Waals surface area contributed by atoms with Gasteiger partial charge in [-0.3, -0.25) is 4.79 Å². The monoisotopic (exact) mass is 355 g/mol. The molecule has 2 aromatic rings. The molecule has 138 valence electrons. The molecule has 1 aliphatic heterocycles. The van der Waals surface area contributed by atoms with Crippen molar-refractivity contribution in [1.82, 2.24) is 5.32 Å². The van der Waals surface area contributed by atoms with Crippen LogP contribution in [-0.4, -0.2) is 45.2 Å². The highest BCUT2D eigenvalue weighted by Crippen LogP contribution is 2.11. The summed E-state index contributed by atoms with van der Waals surface area (Å²) in [6.45, 7) is 7.83. The van der Waals surface area contributed by atoms with Crippen LogP contribution < -0.4 is 15.1 Å². The molecule has 0 saturated carbocycles. The maximum atomic E-state index is 12.2. The standard InChI is InChI=1S/C21H27N3O2/c1-18(20-10-6-16-26-20)22-21(25)17-24-14-12-23(13-15-24)11-5-9-19-7-3-2-4-8-19/h2-10,16,18H,11-15,17H2,1H3,(H,22,25)/p+2/b9-5+/t18-/m1/s1. The molecule has 5 heteroatoms. The van der Waals surface area contributed by atoms with Crippen LogP contribution in [0.4, 0.5) is 0 Å². The number of piperazine rings is 1. The molecule has 1 aromatic heterocycles. The molecule has 0 aliphatic carbocycles. The lowest BCUT2D eigenvalue weighted by atomic mass is 10.2. The van der Waals surface area contributed by atoms with E-state index in [0.717, 1.165) is 38.5 Å². The lowest BCUT2D eigenvalue weighted by Crippen LogP contribution is -3.28. The summed E-state index contributed by atoms with van der Waals surface area (Å²) in [5.74, 6) is 0.893. The van der Waals surface area contributed by atoms with Crippen molar-refractivity contribution in [1.29, 1.82) is 0 Å². The number of carbonyl (C=O) groups is 1. The second kappa shape index (κ2) is 9.36. The van der Waals surface area contributed by atoms with E-state index in [1.54, 1.807) is 11.2 Å². The van der Waals surface area contributed by atoms with E-state index in [0.29, 0.717) is 6.54 Å². The van der Waals surface area contributed by atoms with E-state index < -0.39 is 0 Å². The summed E-state index contributed by atoms with van der Waals surface area (Å²) in [7, 11) is 0. The second-order valence-electron chi connectivity index (χ2n) is 7.00. The molecule has 26 heavy (non-hydrogen) atoms. The summed E-state index contributed by atoms with van der Waals surface area (Å²) < 4.78 is 5.34. The van der Waals surface area contributed by atoms with Gasteiger partial charge in [-0.25, -0.2) is 0 Å². The number of furan rings is 1. The van der Waals surface area contributed by atoms with Crippen molar-refractivity contribution in [3.8, 4) is 0 Å². The van der Waals surface area contributed by atoms with E-state index in [2.05, 4.69) is 41.7 Å². The summed E-state index contributed by atoms with van der Waals surface area (Å²) in [5.41, 5.74) is 1.25. The van der Waals surface area contributed by atoms with Crippen molar-refractivity contribution in [2.24, 2.45) is 0 Å². The summed E-state index contributed by atoms with van der Waals surface area (Å²) in [6.07, 6.45) is 6.08. The molecule has 1 aliphatic rings. The number of carbonyl (C=O) groups excluding carboxylic acids is 1. The first-order chi connectivity index (χ1) is 12.7. The van der Waals surface area contributed by atoms with Crippen molar-refractivity contribution in [2.75, 3.05) is 39.3 Å². The van der Waals surface area contributed by atoms with Gasteiger partial charge >= 0.3 is 0 Å². The fourth-order valence-electron chi connectivity index (χ4n) is 3.39. The Morgan fingerprint density at radius 2 is 1.85 bits per heavy atom. The Hall–Kier alpha value is -2.37.